The number of aromatic carboxylic acids is 1. The number of halogens is 1. The number of rotatable bonds is 2. The van der Waals surface area contributed by atoms with Crippen LogP contribution in [0.4, 0.5) is 0 Å². The van der Waals surface area contributed by atoms with E-state index in [1.807, 2.05) is 35.0 Å². The summed E-state index contributed by atoms with van der Waals surface area (Å²) >= 11 is 4.95. The SMILES string of the molecule is O=C(O)c1cc(-c2ccsc2)nc2cccc(Br)c12. The molecule has 19 heavy (non-hydrogen) atoms. The Bertz CT molecular complexity index is 768. The third-order valence-electron chi connectivity index (χ3n) is 2.83. The smallest absolute Gasteiger partial charge is 0.336 e. The standard InChI is InChI=1S/C14H8BrNO2S/c15-10-2-1-3-11-13(10)9(14(17)18)6-12(16-11)8-4-5-19-7-8/h1-7H,(H,17,18). The molecule has 3 rings (SSSR count). The van der Waals surface area contributed by atoms with E-state index >= 15 is 0 Å². The molecule has 0 spiro atoms. The fraction of sp³-hybridized carbons (Fsp3) is 0. The van der Waals surface area contributed by atoms with E-state index in [2.05, 4.69) is 20.9 Å². The minimum absolute atomic E-state index is 0.263. The van der Waals surface area contributed by atoms with Crippen molar-refractivity contribution in [2.75, 3.05) is 0 Å². The number of carbonyl (C=O) groups is 1. The third-order valence-corrected chi connectivity index (χ3v) is 4.17. The van der Waals surface area contributed by atoms with Crippen LogP contribution < -0.4 is 0 Å². The molecule has 5 heteroatoms. The lowest BCUT2D eigenvalue weighted by atomic mass is 10.1. The number of nitrogens with zero attached hydrogens (tertiary/aromatic N) is 1. The van der Waals surface area contributed by atoms with Crippen molar-refractivity contribution in [1.82, 2.24) is 4.98 Å². The van der Waals surface area contributed by atoms with Crippen molar-refractivity contribution >= 4 is 44.1 Å². The zero-order valence-electron chi connectivity index (χ0n) is 9.63. The molecule has 0 bridgehead atoms. The summed E-state index contributed by atoms with van der Waals surface area (Å²) in [5.74, 6) is -0.948. The van der Waals surface area contributed by atoms with E-state index < -0.39 is 5.97 Å². The molecule has 0 atom stereocenters. The maximum absolute atomic E-state index is 11.4. The number of benzene rings is 1. The highest BCUT2D eigenvalue weighted by Gasteiger charge is 2.15. The summed E-state index contributed by atoms with van der Waals surface area (Å²) in [7, 11) is 0. The molecule has 0 saturated carbocycles. The van der Waals surface area contributed by atoms with Gasteiger partial charge in [-0.2, -0.15) is 11.3 Å². The van der Waals surface area contributed by atoms with Gasteiger partial charge in [-0.15, -0.1) is 0 Å². The first kappa shape index (κ1) is 12.3. The lowest BCUT2D eigenvalue weighted by Crippen LogP contribution is -2.00. The van der Waals surface area contributed by atoms with Crippen molar-refractivity contribution in [1.29, 1.82) is 0 Å². The zero-order valence-corrected chi connectivity index (χ0v) is 12.0. The van der Waals surface area contributed by atoms with Crippen molar-refractivity contribution in [3.8, 4) is 11.3 Å². The van der Waals surface area contributed by atoms with Gasteiger partial charge in [-0.05, 0) is 29.6 Å². The van der Waals surface area contributed by atoms with Gasteiger partial charge in [0.1, 0.15) is 0 Å². The average molecular weight is 334 g/mol. The third kappa shape index (κ3) is 2.15. The highest BCUT2D eigenvalue weighted by atomic mass is 79.9. The van der Waals surface area contributed by atoms with Crippen LogP contribution in [0.3, 0.4) is 0 Å². The molecule has 3 nitrogen and oxygen atoms in total. The Morgan fingerprint density at radius 1 is 1.32 bits per heavy atom. The summed E-state index contributed by atoms with van der Waals surface area (Å²) < 4.78 is 0.742. The summed E-state index contributed by atoms with van der Waals surface area (Å²) in [5.41, 5.74) is 2.56. The first-order valence-electron chi connectivity index (χ1n) is 5.52. The minimum Gasteiger partial charge on any atom is -0.478 e. The maximum atomic E-state index is 11.4. The van der Waals surface area contributed by atoms with E-state index in [0.717, 1.165) is 10.0 Å². The average Bonchev–Trinajstić information content (AvgIpc) is 2.91. The van der Waals surface area contributed by atoms with Crippen LogP contribution in [-0.2, 0) is 0 Å². The Morgan fingerprint density at radius 3 is 2.84 bits per heavy atom. The van der Waals surface area contributed by atoms with Crippen LogP contribution in [-0.4, -0.2) is 16.1 Å². The van der Waals surface area contributed by atoms with Gasteiger partial charge in [0.2, 0.25) is 0 Å². The number of hydrogen-bond acceptors (Lipinski definition) is 3. The number of fused-ring (bicyclic) bond motifs is 1. The van der Waals surface area contributed by atoms with Crippen LogP contribution in [0.2, 0.25) is 0 Å². The van der Waals surface area contributed by atoms with Gasteiger partial charge < -0.3 is 5.11 Å². The Balaban J connectivity index is 2.38. The molecule has 2 aromatic heterocycles. The summed E-state index contributed by atoms with van der Waals surface area (Å²) in [6.45, 7) is 0. The second-order valence-corrected chi connectivity index (χ2v) is 5.64. The van der Waals surface area contributed by atoms with Crippen molar-refractivity contribution in [3.63, 3.8) is 0 Å². The van der Waals surface area contributed by atoms with Crippen molar-refractivity contribution in [2.45, 2.75) is 0 Å². The molecule has 2 heterocycles. The predicted molar refractivity (Wildman–Crippen MR) is 79.7 cm³/mol. The lowest BCUT2D eigenvalue weighted by molar-refractivity contribution is 0.0699. The van der Waals surface area contributed by atoms with Gasteiger partial charge in [-0.1, -0.05) is 22.0 Å². The van der Waals surface area contributed by atoms with E-state index in [-0.39, 0.29) is 5.56 Å². The molecular weight excluding hydrogens is 326 g/mol. The molecule has 0 fully saturated rings. The molecule has 0 aliphatic heterocycles. The second kappa shape index (κ2) is 4.75. The van der Waals surface area contributed by atoms with Crippen LogP contribution in [0.15, 0.2) is 45.6 Å². The van der Waals surface area contributed by atoms with Gasteiger partial charge in [0.05, 0.1) is 16.8 Å². The predicted octanol–water partition coefficient (Wildman–Crippen LogP) is 4.42. The molecule has 0 aliphatic rings. The number of thiophene rings is 1. The fourth-order valence-corrected chi connectivity index (χ4v) is 3.19. The number of carboxylic acids is 1. The van der Waals surface area contributed by atoms with Gasteiger partial charge in [-0.25, -0.2) is 9.78 Å². The zero-order chi connectivity index (χ0) is 13.4. The van der Waals surface area contributed by atoms with Crippen LogP contribution in [0.5, 0.6) is 0 Å². The largest absolute Gasteiger partial charge is 0.478 e. The monoisotopic (exact) mass is 333 g/mol. The summed E-state index contributed by atoms with van der Waals surface area (Å²) in [6.07, 6.45) is 0. The van der Waals surface area contributed by atoms with E-state index in [0.29, 0.717) is 16.6 Å². The van der Waals surface area contributed by atoms with E-state index in [4.69, 9.17) is 0 Å². The topological polar surface area (TPSA) is 50.2 Å². The van der Waals surface area contributed by atoms with Gasteiger partial charge in [0.15, 0.2) is 0 Å². The first-order chi connectivity index (χ1) is 9.16. The molecule has 1 aromatic carbocycles. The Hall–Kier alpha value is -1.72. The van der Waals surface area contributed by atoms with Gasteiger partial charge in [0.25, 0.3) is 0 Å². The quantitative estimate of drug-likeness (QED) is 0.754. The van der Waals surface area contributed by atoms with E-state index in [9.17, 15) is 9.90 Å². The molecule has 3 aromatic rings. The lowest BCUT2D eigenvalue weighted by Gasteiger charge is -2.07. The number of pyridine rings is 1. The highest BCUT2D eigenvalue weighted by Crippen LogP contribution is 2.30. The van der Waals surface area contributed by atoms with E-state index in [1.165, 1.54) is 0 Å². The molecule has 0 amide bonds. The Kier molecular flexibility index (Phi) is 3.08. The van der Waals surface area contributed by atoms with Crippen LogP contribution in [0.1, 0.15) is 10.4 Å². The molecule has 1 N–H and O–H groups in total. The van der Waals surface area contributed by atoms with Crippen molar-refractivity contribution < 1.29 is 9.90 Å². The van der Waals surface area contributed by atoms with Crippen LogP contribution >= 0.6 is 27.3 Å². The Morgan fingerprint density at radius 2 is 2.16 bits per heavy atom. The second-order valence-electron chi connectivity index (χ2n) is 4.01. The van der Waals surface area contributed by atoms with Gasteiger partial charge in [-0.3, -0.25) is 0 Å². The summed E-state index contributed by atoms with van der Waals surface area (Å²) in [5, 5.41) is 13.9. The normalized spacial score (nSPS) is 10.8. The van der Waals surface area contributed by atoms with Gasteiger partial charge >= 0.3 is 5.97 Å². The number of aromatic nitrogens is 1. The van der Waals surface area contributed by atoms with Crippen LogP contribution in [0.25, 0.3) is 22.2 Å². The van der Waals surface area contributed by atoms with E-state index in [1.54, 1.807) is 17.4 Å². The maximum Gasteiger partial charge on any atom is 0.336 e. The Labute approximate surface area is 121 Å². The number of hydrogen-bond donors (Lipinski definition) is 1. The van der Waals surface area contributed by atoms with Crippen LogP contribution in [0, 0.1) is 0 Å². The number of carboxylic acid groups (broad SMARTS) is 1. The minimum atomic E-state index is -0.948. The molecule has 94 valence electrons. The first-order valence-corrected chi connectivity index (χ1v) is 7.25. The molecule has 0 radical (unpaired) electrons. The van der Waals surface area contributed by atoms with Crippen molar-refractivity contribution in [2.24, 2.45) is 0 Å². The molecular formula is C14H8BrNO2S. The molecule has 0 aliphatic carbocycles. The highest BCUT2D eigenvalue weighted by molar-refractivity contribution is 9.10. The fourth-order valence-electron chi connectivity index (χ4n) is 1.97. The summed E-state index contributed by atoms with van der Waals surface area (Å²) in [6, 6.07) is 9.05. The summed E-state index contributed by atoms with van der Waals surface area (Å²) in [4.78, 5) is 16.0. The van der Waals surface area contributed by atoms with Crippen molar-refractivity contribution in [3.05, 3.63) is 51.1 Å². The molecule has 0 saturated heterocycles. The molecule has 0 unspecified atom stereocenters. The van der Waals surface area contributed by atoms with Gasteiger partial charge in [0, 0.05) is 20.8 Å².